The van der Waals surface area contributed by atoms with Crippen LogP contribution >= 0.6 is 0 Å². The lowest BCUT2D eigenvalue weighted by atomic mass is 10.2. The highest BCUT2D eigenvalue weighted by Gasteiger charge is 2.13. The van der Waals surface area contributed by atoms with Crippen LogP contribution in [0.1, 0.15) is 15.9 Å². The normalized spacial score (nSPS) is 10.4. The van der Waals surface area contributed by atoms with Gasteiger partial charge in [-0.25, -0.2) is 4.39 Å². The Labute approximate surface area is 152 Å². The van der Waals surface area contributed by atoms with Crippen LogP contribution in [0.25, 0.3) is 0 Å². The van der Waals surface area contributed by atoms with Crippen LogP contribution in [-0.4, -0.2) is 15.4 Å². The number of halogens is 1. The predicted octanol–water partition coefficient (Wildman–Crippen LogP) is 3.20. The van der Waals surface area contributed by atoms with E-state index in [0.717, 1.165) is 0 Å². The third-order valence-corrected chi connectivity index (χ3v) is 3.87. The number of nitro benzene ring substituents is 1. The quantitative estimate of drug-likeness (QED) is 0.553. The van der Waals surface area contributed by atoms with Gasteiger partial charge >= 0.3 is 0 Å². The summed E-state index contributed by atoms with van der Waals surface area (Å²) in [6.45, 7) is 0.192. The van der Waals surface area contributed by atoms with Gasteiger partial charge in [-0.05, 0) is 42.0 Å². The number of amides is 1. The largest absolute Gasteiger partial charge is 0.322 e. The number of benzene rings is 2. The molecule has 0 radical (unpaired) electrons. The lowest BCUT2D eigenvalue weighted by Crippen LogP contribution is -2.29. The zero-order chi connectivity index (χ0) is 19.4. The van der Waals surface area contributed by atoms with Crippen molar-refractivity contribution in [1.29, 1.82) is 0 Å². The Hall–Kier alpha value is -3.81. The second-order valence-electron chi connectivity index (χ2n) is 5.74. The van der Waals surface area contributed by atoms with Gasteiger partial charge in [0.1, 0.15) is 11.4 Å². The summed E-state index contributed by atoms with van der Waals surface area (Å²) >= 11 is 0. The van der Waals surface area contributed by atoms with E-state index in [2.05, 4.69) is 5.32 Å². The monoisotopic (exact) mass is 367 g/mol. The number of carbonyl (C=O) groups is 1. The summed E-state index contributed by atoms with van der Waals surface area (Å²) in [6, 6.07) is 14.0. The Morgan fingerprint density at radius 3 is 2.37 bits per heavy atom. The van der Waals surface area contributed by atoms with Gasteiger partial charge < -0.3 is 9.88 Å². The predicted molar refractivity (Wildman–Crippen MR) is 97.3 cm³/mol. The molecule has 0 spiro atoms. The highest BCUT2D eigenvalue weighted by Crippen LogP contribution is 2.16. The zero-order valence-electron chi connectivity index (χ0n) is 14.0. The number of pyridine rings is 1. The minimum atomic E-state index is -0.623. The topological polar surface area (TPSA) is 94.2 Å². The van der Waals surface area contributed by atoms with Crippen LogP contribution in [0.2, 0.25) is 0 Å². The maximum atomic E-state index is 13.0. The number of hydrogen-bond acceptors (Lipinski definition) is 4. The molecule has 0 aliphatic carbocycles. The van der Waals surface area contributed by atoms with Gasteiger partial charge in [0, 0.05) is 24.0 Å². The fraction of sp³-hybridized carbons (Fsp3) is 0.0526. The summed E-state index contributed by atoms with van der Waals surface area (Å²) in [5.41, 5.74) is 0.374. The molecule has 3 aromatic rings. The van der Waals surface area contributed by atoms with Crippen molar-refractivity contribution in [2.24, 2.45) is 0 Å². The molecule has 2 aromatic carbocycles. The molecule has 0 aliphatic heterocycles. The summed E-state index contributed by atoms with van der Waals surface area (Å²) in [5, 5.41) is 13.2. The van der Waals surface area contributed by atoms with E-state index in [9.17, 15) is 24.1 Å². The Morgan fingerprint density at radius 1 is 1.07 bits per heavy atom. The number of nitrogens with zero attached hydrogens (tertiary/aromatic N) is 2. The van der Waals surface area contributed by atoms with Gasteiger partial charge in [0.15, 0.2) is 0 Å². The van der Waals surface area contributed by atoms with Crippen molar-refractivity contribution in [3.05, 3.63) is 104 Å². The smallest absolute Gasteiger partial charge is 0.269 e. The van der Waals surface area contributed by atoms with Crippen molar-refractivity contribution in [1.82, 2.24) is 4.57 Å². The fourth-order valence-electron chi connectivity index (χ4n) is 2.49. The number of anilines is 1. The molecule has 0 saturated heterocycles. The molecule has 7 nitrogen and oxygen atoms in total. The zero-order valence-corrected chi connectivity index (χ0v) is 14.0. The molecule has 0 aliphatic rings. The Morgan fingerprint density at radius 2 is 1.74 bits per heavy atom. The molecule has 27 heavy (non-hydrogen) atoms. The van der Waals surface area contributed by atoms with Gasteiger partial charge in [0.25, 0.3) is 17.2 Å². The number of nitro groups is 1. The maximum absolute atomic E-state index is 13.0. The Balaban J connectivity index is 1.80. The number of non-ortho nitro benzene ring substituents is 1. The second kappa shape index (κ2) is 7.61. The average Bonchev–Trinajstić information content (AvgIpc) is 2.65. The third-order valence-electron chi connectivity index (χ3n) is 3.87. The third kappa shape index (κ3) is 4.24. The first-order valence-electron chi connectivity index (χ1n) is 7.94. The standard InChI is InChI=1S/C19H14FN3O4/c20-14-5-3-13(4-6-14)12-22-11-1-2-17(19(22)25)18(24)21-15-7-9-16(10-8-15)23(26)27/h1-11H,12H2,(H,21,24). The number of carbonyl (C=O) groups excluding carboxylic acids is 1. The van der Waals surface area contributed by atoms with Crippen molar-refractivity contribution in [2.45, 2.75) is 6.54 Å². The van der Waals surface area contributed by atoms with Crippen LogP contribution in [0, 0.1) is 15.9 Å². The second-order valence-corrected chi connectivity index (χ2v) is 5.74. The lowest BCUT2D eigenvalue weighted by Gasteiger charge is -2.09. The highest BCUT2D eigenvalue weighted by molar-refractivity contribution is 6.04. The number of hydrogen-bond donors (Lipinski definition) is 1. The molecular weight excluding hydrogens is 353 g/mol. The molecular formula is C19H14FN3O4. The molecule has 0 atom stereocenters. The molecule has 0 unspecified atom stereocenters. The van der Waals surface area contributed by atoms with Crippen molar-refractivity contribution >= 4 is 17.3 Å². The van der Waals surface area contributed by atoms with Crippen molar-refractivity contribution < 1.29 is 14.1 Å². The van der Waals surface area contributed by atoms with E-state index >= 15 is 0 Å². The minimum Gasteiger partial charge on any atom is -0.322 e. The molecule has 1 amide bonds. The molecule has 1 aromatic heterocycles. The number of nitrogens with one attached hydrogen (secondary N) is 1. The van der Waals surface area contributed by atoms with Crippen molar-refractivity contribution in [2.75, 3.05) is 5.32 Å². The number of aromatic nitrogens is 1. The minimum absolute atomic E-state index is 0.0713. The maximum Gasteiger partial charge on any atom is 0.269 e. The SMILES string of the molecule is O=C(Nc1ccc([N+](=O)[O-])cc1)c1cccn(Cc2ccc(F)cc2)c1=O. The van der Waals surface area contributed by atoms with E-state index in [1.54, 1.807) is 18.2 Å². The van der Waals surface area contributed by atoms with E-state index in [4.69, 9.17) is 0 Å². The first-order valence-corrected chi connectivity index (χ1v) is 7.94. The van der Waals surface area contributed by atoms with Gasteiger partial charge in [-0.1, -0.05) is 12.1 Å². The first kappa shape index (κ1) is 18.0. The molecule has 8 heteroatoms. The molecule has 3 rings (SSSR count). The summed E-state index contributed by atoms with van der Waals surface area (Å²) in [5.74, 6) is -0.996. The Bertz CT molecular complexity index is 1040. The van der Waals surface area contributed by atoms with Gasteiger partial charge in [0.05, 0.1) is 11.5 Å². The molecule has 1 N–H and O–H groups in total. The van der Waals surface area contributed by atoms with Crippen LogP contribution in [0.5, 0.6) is 0 Å². The van der Waals surface area contributed by atoms with Crippen LogP contribution in [0.3, 0.4) is 0 Å². The van der Waals surface area contributed by atoms with E-state index in [0.29, 0.717) is 11.3 Å². The molecule has 1 heterocycles. The summed E-state index contributed by atoms with van der Waals surface area (Å²) in [7, 11) is 0. The van der Waals surface area contributed by atoms with Crippen LogP contribution < -0.4 is 10.9 Å². The summed E-state index contributed by atoms with van der Waals surface area (Å²) in [6.07, 6.45) is 1.54. The average molecular weight is 367 g/mol. The van der Waals surface area contributed by atoms with Gasteiger partial charge in [0.2, 0.25) is 0 Å². The van der Waals surface area contributed by atoms with Crippen molar-refractivity contribution in [3.8, 4) is 0 Å². The molecule has 0 fully saturated rings. The van der Waals surface area contributed by atoms with Crippen molar-refractivity contribution in [3.63, 3.8) is 0 Å². The molecule has 0 saturated carbocycles. The van der Waals surface area contributed by atoms with E-state index in [1.807, 2.05) is 0 Å². The Kier molecular flexibility index (Phi) is 5.07. The van der Waals surface area contributed by atoms with E-state index in [-0.39, 0.29) is 23.6 Å². The van der Waals surface area contributed by atoms with E-state index < -0.39 is 16.4 Å². The highest BCUT2D eigenvalue weighted by atomic mass is 19.1. The van der Waals surface area contributed by atoms with Crippen LogP contribution in [0.15, 0.2) is 71.7 Å². The van der Waals surface area contributed by atoms with Gasteiger partial charge in [-0.15, -0.1) is 0 Å². The van der Waals surface area contributed by atoms with E-state index in [1.165, 1.54) is 53.2 Å². The summed E-state index contributed by atoms with van der Waals surface area (Å²) in [4.78, 5) is 35.1. The first-order chi connectivity index (χ1) is 12.9. The summed E-state index contributed by atoms with van der Waals surface area (Å²) < 4.78 is 14.3. The number of rotatable bonds is 5. The van der Waals surface area contributed by atoms with Crippen LogP contribution in [-0.2, 0) is 6.54 Å². The molecule has 136 valence electrons. The van der Waals surface area contributed by atoms with Crippen LogP contribution in [0.4, 0.5) is 15.8 Å². The molecule has 0 bridgehead atoms. The fourth-order valence-corrected chi connectivity index (χ4v) is 2.49. The van der Waals surface area contributed by atoms with Gasteiger partial charge in [-0.3, -0.25) is 19.7 Å². The lowest BCUT2D eigenvalue weighted by molar-refractivity contribution is -0.384. The van der Waals surface area contributed by atoms with Gasteiger partial charge in [-0.2, -0.15) is 0 Å².